The molecule has 5 rings (SSSR count). The normalized spacial score (nSPS) is 11.3. The first-order valence-corrected chi connectivity index (χ1v) is 11.3. The van der Waals surface area contributed by atoms with Crippen molar-refractivity contribution in [1.29, 1.82) is 0 Å². The molecular weight excluding hydrogens is 436 g/mol. The Hall–Kier alpha value is -2.87. The Bertz CT molecular complexity index is 1340. The zero-order chi connectivity index (χ0) is 20.7. The second-order valence-corrected chi connectivity index (χ2v) is 9.06. The molecule has 0 saturated carbocycles. The van der Waals surface area contributed by atoms with Crippen molar-refractivity contribution >= 4 is 65.7 Å². The van der Waals surface area contributed by atoms with Gasteiger partial charge in [0.15, 0.2) is 5.13 Å². The second kappa shape index (κ2) is 7.75. The third-order valence-electron chi connectivity index (χ3n) is 4.79. The molecule has 3 aromatic heterocycles. The number of pyridine rings is 1. The summed E-state index contributed by atoms with van der Waals surface area (Å²) in [5.74, 6) is -0.135. The monoisotopic (exact) mass is 450 g/mol. The lowest BCUT2D eigenvalue weighted by atomic mass is 10.2. The van der Waals surface area contributed by atoms with Crippen molar-refractivity contribution in [3.8, 4) is 0 Å². The molecule has 1 amide bonds. The number of nitrogens with zero attached hydrogens (tertiary/aromatic N) is 4. The highest BCUT2D eigenvalue weighted by Gasteiger charge is 2.23. The van der Waals surface area contributed by atoms with Gasteiger partial charge in [-0.1, -0.05) is 35.1 Å². The van der Waals surface area contributed by atoms with Crippen molar-refractivity contribution < 1.29 is 4.79 Å². The molecule has 5 aromatic rings. The molecule has 0 saturated heterocycles. The summed E-state index contributed by atoms with van der Waals surface area (Å²) in [6.45, 7) is 2.31. The Morgan fingerprint density at radius 3 is 2.83 bits per heavy atom. The molecule has 148 valence electrons. The SMILES string of the molecule is Cc1ccc(Cl)c2sc(N(Cc3ccccn3)C(=O)c3ccc4ncsc4c3)nc12. The van der Waals surface area contributed by atoms with E-state index in [9.17, 15) is 4.79 Å². The largest absolute Gasteiger partial charge is 0.278 e. The molecule has 3 heterocycles. The fourth-order valence-corrected chi connectivity index (χ4v) is 5.26. The molecule has 0 N–H and O–H groups in total. The number of hydrogen-bond acceptors (Lipinski definition) is 6. The molecule has 8 heteroatoms. The summed E-state index contributed by atoms with van der Waals surface area (Å²) in [6, 6.07) is 15.0. The van der Waals surface area contributed by atoms with E-state index >= 15 is 0 Å². The zero-order valence-electron chi connectivity index (χ0n) is 15.9. The summed E-state index contributed by atoms with van der Waals surface area (Å²) in [7, 11) is 0. The van der Waals surface area contributed by atoms with Crippen LogP contribution < -0.4 is 4.90 Å². The number of carbonyl (C=O) groups is 1. The summed E-state index contributed by atoms with van der Waals surface area (Å²) >= 11 is 9.34. The minimum Gasteiger partial charge on any atom is -0.278 e. The van der Waals surface area contributed by atoms with Crippen LogP contribution in [0.5, 0.6) is 0 Å². The number of fused-ring (bicyclic) bond motifs is 2. The van der Waals surface area contributed by atoms with E-state index in [0.29, 0.717) is 22.3 Å². The van der Waals surface area contributed by atoms with Crippen LogP contribution in [0, 0.1) is 6.92 Å². The number of halogens is 1. The van der Waals surface area contributed by atoms with Crippen LogP contribution in [0.4, 0.5) is 5.13 Å². The van der Waals surface area contributed by atoms with Crippen molar-refractivity contribution in [3.63, 3.8) is 0 Å². The number of thiazole rings is 2. The number of benzene rings is 2. The van der Waals surface area contributed by atoms with Gasteiger partial charge in [-0.3, -0.25) is 14.7 Å². The van der Waals surface area contributed by atoms with Gasteiger partial charge < -0.3 is 0 Å². The number of carbonyl (C=O) groups excluding carboxylic acids is 1. The van der Waals surface area contributed by atoms with Gasteiger partial charge in [0.2, 0.25) is 0 Å². The highest BCUT2D eigenvalue weighted by atomic mass is 35.5. The number of aromatic nitrogens is 3. The van der Waals surface area contributed by atoms with Gasteiger partial charge in [-0.05, 0) is 48.9 Å². The summed E-state index contributed by atoms with van der Waals surface area (Å²) in [4.78, 5) is 28.7. The number of anilines is 1. The summed E-state index contributed by atoms with van der Waals surface area (Å²) < 4.78 is 1.85. The third-order valence-corrected chi connectivity index (χ3v) is 7.12. The van der Waals surface area contributed by atoms with E-state index < -0.39 is 0 Å². The number of hydrogen-bond donors (Lipinski definition) is 0. The molecule has 5 nitrogen and oxygen atoms in total. The van der Waals surface area contributed by atoms with Gasteiger partial charge >= 0.3 is 0 Å². The van der Waals surface area contributed by atoms with Crippen molar-refractivity contribution in [2.45, 2.75) is 13.5 Å². The Kier molecular flexibility index (Phi) is 4.94. The molecule has 0 aliphatic heterocycles. The predicted octanol–water partition coefficient (Wildman–Crippen LogP) is 6.11. The molecule has 0 aliphatic carbocycles. The third kappa shape index (κ3) is 3.45. The standard InChI is InChI=1S/C22H15ClN4OS2/c1-13-5-7-16(23)20-19(13)26-22(30-20)27(11-15-4-2-3-9-24-15)21(28)14-6-8-17-18(10-14)29-12-25-17/h2-10,12H,11H2,1H3. The number of amides is 1. The van der Waals surface area contributed by atoms with Crippen LogP contribution in [0.2, 0.25) is 5.02 Å². The summed E-state index contributed by atoms with van der Waals surface area (Å²) in [6.07, 6.45) is 1.72. The van der Waals surface area contributed by atoms with Crippen LogP contribution in [0.1, 0.15) is 21.6 Å². The van der Waals surface area contributed by atoms with Crippen LogP contribution in [0.25, 0.3) is 20.4 Å². The van der Waals surface area contributed by atoms with Crippen LogP contribution in [0.3, 0.4) is 0 Å². The fraction of sp³-hybridized carbons (Fsp3) is 0.0909. The molecule has 0 spiro atoms. The molecule has 0 fully saturated rings. The van der Waals surface area contributed by atoms with E-state index in [2.05, 4.69) is 9.97 Å². The maximum absolute atomic E-state index is 13.6. The van der Waals surface area contributed by atoms with E-state index in [1.807, 2.05) is 49.4 Å². The molecule has 0 radical (unpaired) electrons. The van der Waals surface area contributed by atoms with E-state index in [0.717, 1.165) is 31.7 Å². The minimum absolute atomic E-state index is 0.135. The molecule has 30 heavy (non-hydrogen) atoms. The quantitative estimate of drug-likeness (QED) is 0.331. The van der Waals surface area contributed by atoms with Crippen molar-refractivity contribution in [2.24, 2.45) is 0 Å². The lowest BCUT2D eigenvalue weighted by Crippen LogP contribution is -2.30. The first-order valence-electron chi connectivity index (χ1n) is 9.21. The van der Waals surface area contributed by atoms with Crippen LogP contribution in [-0.2, 0) is 6.54 Å². The molecule has 0 aliphatic rings. The average molecular weight is 451 g/mol. The average Bonchev–Trinajstić information content (AvgIpc) is 3.42. The van der Waals surface area contributed by atoms with Crippen molar-refractivity contribution in [2.75, 3.05) is 4.90 Å². The molecule has 0 bridgehead atoms. The van der Waals surface area contributed by atoms with E-state index in [-0.39, 0.29) is 5.91 Å². The summed E-state index contributed by atoms with van der Waals surface area (Å²) in [5, 5.41) is 1.23. The van der Waals surface area contributed by atoms with E-state index in [1.54, 1.807) is 22.7 Å². The maximum atomic E-state index is 13.6. The molecule has 0 atom stereocenters. The van der Waals surface area contributed by atoms with Crippen molar-refractivity contribution in [3.05, 3.63) is 82.1 Å². The number of rotatable bonds is 4. The Morgan fingerprint density at radius 2 is 2.03 bits per heavy atom. The van der Waals surface area contributed by atoms with E-state index in [4.69, 9.17) is 16.6 Å². The highest BCUT2D eigenvalue weighted by Crippen LogP contribution is 2.36. The van der Waals surface area contributed by atoms with Gasteiger partial charge in [-0.15, -0.1) is 11.3 Å². The highest BCUT2D eigenvalue weighted by molar-refractivity contribution is 7.23. The smallest absolute Gasteiger partial charge is 0.260 e. The lowest BCUT2D eigenvalue weighted by Gasteiger charge is -2.19. The Balaban J connectivity index is 1.62. The van der Waals surface area contributed by atoms with E-state index in [1.165, 1.54) is 22.7 Å². The first kappa shape index (κ1) is 19.1. The Morgan fingerprint density at radius 1 is 1.13 bits per heavy atom. The first-order chi connectivity index (χ1) is 14.6. The van der Waals surface area contributed by atoms with Crippen molar-refractivity contribution in [1.82, 2.24) is 15.0 Å². The maximum Gasteiger partial charge on any atom is 0.260 e. The number of aryl methyl sites for hydroxylation is 1. The van der Waals surface area contributed by atoms with Gasteiger partial charge in [0.25, 0.3) is 5.91 Å². The van der Waals surface area contributed by atoms with Gasteiger partial charge in [0.1, 0.15) is 0 Å². The fourth-order valence-electron chi connectivity index (χ4n) is 3.23. The summed E-state index contributed by atoms with van der Waals surface area (Å²) in [5.41, 5.74) is 5.88. The minimum atomic E-state index is -0.135. The van der Waals surface area contributed by atoms with Gasteiger partial charge in [0.05, 0.1) is 43.2 Å². The topological polar surface area (TPSA) is 59.0 Å². The zero-order valence-corrected chi connectivity index (χ0v) is 18.3. The van der Waals surface area contributed by atoms with Crippen LogP contribution in [-0.4, -0.2) is 20.9 Å². The Labute approximate surface area is 185 Å². The van der Waals surface area contributed by atoms with Crippen LogP contribution >= 0.6 is 34.3 Å². The van der Waals surface area contributed by atoms with Gasteiger partial charge in [0, 0.05) is 11.8 Å². The molecule has 0 unspecified atom stereocenters. The second-order valence-electron chi connectivity index (χ2n) is 6.79. The predicted molar refractivity (Wildman–Crippen MR) is 124 cm³/mol. The molecule has 2 aromatic carbocycles. The van der Waals surface area contributed by atoms with Gasteiger partial charge in [-0.25, -0.2) is 9.97 Å². The van der Waals surface area contributed by atoms with Gasteiger partial charge in [-0.2, -0.15) is 0 Å². The van der Waals surface area contributed by atoms with Crippen LogP contribution in [0.15, 0.2) is 60.2 Å². The molecular formula is C22H15ClN4OS2. The lowest BCUT2D eigenvalue weighted by molar-refractivity contribution is 0.0985.